The number of esters is 1. The van der Waals surface area contributed by atoms with Gasteiger partial charge in [-0.15, -0.1) is 0 Å². The highest BCUT2D eigenvalue weighted by Gasteiger charge is 2.23. The molecule has 0 radical (unpaired) electrons. The first-order chi connectivity index (χ1) is 15.5. The van der Waals surface area contributed by atoms with Crippen molar-refractivity contribution in [1.82, 2.24) is 19.4 Å². The van der Waals surface area contributed by atoms with Crippen molar-refractivity contribution in [2.75, 3.05) is 14.2 Å². The molecule has 32 heavy (non-hydrogen) atoms. The standard InChI is InChI=1S/C24H24N4O4/c1-27-12-11-25-23(27)22(16-7-6-8-17(13-16)31-2)26-21(29)15-28-14-19(24(30)32-3)18-9-4-5-10-20(18)28/h4-14,22H,15H2,1-3H3,(H,26,29)/t22-/m1/s1. The number of aryl methyl sites for hydroxylation is 1. The van der Waals surface area contributed by atoms with Gasteiger partial charge < -0.3 is 23.9 Å². The summed E-state index contributed by atoms with van der Waals surface area (Å²) in [5, 5.41) is 3.82. The van der Waals surface area contributed by atoms with Crippen molar-refractivity contribution in [3.05, 3.63) is 84.1 Å². The summed E-state index contributed by atoms with van der Waals surface area (Å²) in [6, 6.07) is 14.5. The lowest BCUT2D eigenvalue weighted by molar-refractivity contribution is -0.122. The van der Waals surface area contributed by atoms with E-state index in [0.29, 0.717) is 17.1 Å². The predicted molar refractivity (Wildman–Crippen MR) is 119 cm³/mol. The Kier molecular flexibility index (Phi) is 5.93. The van der Waals surface area contributed by atoms with E-state index < -0.39 is 12.0 Å². The van der Waals surface area contributed by atoms with Gasteiger partial charge in [0, 0.05) is 36.5 Å². The van der Waals surface area contributed by atoms with Gasteiger partial charge in [-0.2, -0.15) is 0 Å². The average Bonchev–Trinajstić information content (AvgIpc) is 3.40. The van der Waals surface area contributed by atoms with Crippen molar-refractivity contribution in [2.45, 2.75) is 12.6 Å². The van der Waals surface area contributed by atoms with Crippen molar-refractivity contribution in [2.24, 2.45) is 7.05 Å². The Morgan fingerprint density at radius 2 is 1.94 bits per heavy atom. The number of carbonyl (C=O) groups is 2. The first-order valence-electron chi connectivity index (χ1n) is 10.1. The molecule has 4 aromatic rings. The maximum Gasteiger partial charge on any atom is 0.340 e. The summed E-state index contributed by atoms with van der Waals surface area (Å²) < 4.78 is 13.9. The second-order valence-corrected chi connectivity index (χ2v) is 7.35. The Morgan fingerprint density at radius 3 is 2.66 bits per heavy atom. The van der Waals surface area contributed by atoms with E-state index in [0.717, 1.165) is 16.5 Å². The molecule has 0 aliphatic rings. The van der Waals surface area contributed by atoms with Gasteiger partial charge in [0.25, 0.3) is 0 Å². The monoisotopic (exact) mass is 432 g/mol. The number of methoxy groups -OCH3 is 2. The van der Waals surface area contributed by atoms with Crippen LogP contribution in [0.1, 0.15) is 27.8 Å². The van der Waals surface area contributed by atoms with Gasteiger partial charge in [0.15, 0.2) is 0 Å². The third-order valence-corrected chi connectivity index (χ3v) is 5.36. The molecule has 2 heterocycles. The van der Waals surface area contributed by atoms with Crippen molar-refractivity contribution in [1.29, 1.82) is 0 Å². The quantitative estimate of drug-likeness (QED) is 0.454. The van der Waals surface area contributed by atoms with Crippen LogP contribution >= 0.6 is 0 Å². The van der Waals surface area contributed by atoms with E-state index in [1.807, 2.05) is 66.3 Å². The molecule has 1 amide bonds. The summed E-state index contributed by atoms with van der Waals surface area (Å²) in [5.74, 6) is 0.718. The van der Waals surface area contributed by atoms with Crippen LogP contribution < -0.4 is 10.1 Å². The second kappa shape index (κ2) is 8.97. The molecule has 1 atom stereocenters. The zero-order valence-electron chi connectivity index (χ0n) is 18.1. The van der Waals surface area contributed by atoms with Crippen LogP contribution in [0.15, 0.2) is 67.1 Å². The number of para-hydroxylation sites is 1. The molecule has 0 bridgehead atoms. The Labute approximate surface area is 185 Å². The number of aromatic nitrogens is 3. The van der Waals surface area contributed by atoms with Gasteiger partial charge >= 0.3 is 5.97 Å². The first kappa shape index (κ1) is 21.2. The number of benzene rings is 2. The van der Waals surface area contributed by atoms with E-state index in [2.05, 4.69) is 10.3 Å². The largest absolute Gasteiger partial charge is 0.497 e. The minimum atomic E-state index is -0.473. The number of ether oxygens (including phenoxy) is 2. The van der Waals surface area contributed by atoms with Crippen LogP contribution in [0.4, 0.5) is 0 Å². The van der Waals surface area contributed by atoms with E-state index in [-0.39, 0.29) is 12.5 Å². The van der Waals surface area contributed by atoms with E-state index in [1.165, 1.54) is 7.11 Å². The normalized spacial score (nSPS) is 11.8. The lowest BCUT2D eigenvalue weighted by Crippen LogP contribution is -2.33. The Morgan fingerprint density at radius 1 is 1.12 bits per heavy atom. The molecule has 0 unspecified atom stereocenters. The maximum atomic E-state index is 13.1. The number of carbonyl (C=O) groups excluding carboxylic acids is 2. The first-order valence-corrected chi connectivity index (χ1v) is 10.1. The fourth-order valence-corrected chi connectivity index (χ4v) is 3.78. The summed E-state index contributed by atoms with van der Waals surface area (Å²) in [5.41, 5.74) is 2.04. The molecule has 1 N–H and O–H groups in total. The summed E-state index contributed by atoms with van der Waals surface area (Å²) in [6.07, 6.45) is 5.17. The van der Waals surface area contributed by atoms with Crippen molar-refractivity contribution in [3.63, 3.8) is 0 Å². The number of rotatable bonds is 7. The fraction of sp³-hybridized carbons (Fsp3) is 0.208. The lowest BCUT2D eigenvalue weighted by Gasteiger charge is -2.20. The van der Waals surface area contributed by atoms with Crippen LogP contribution in [0.25, 0.3) is 10.9 Å². The molecule has 2 aromatic carbocycles. The van der Waals surface area contributed by atoms with Gasteiger partial charge in [0.2, 0.25) is 5.91 Å². The average molecular weight is 432 g/mol. The van der Waals surface area contributed by atoms with Gasteiger partial charge in [0.1, 0.15) is 24.2 Å². The van der Waals surface area contributed by atoms with Crippen LogP contribution in [0.3, 0.4) is 0 Å². The van der Waals surface area contributed by atoms with Gasteiger partial charge in [-0.1, -0.05) is 30.3 Å². The highest BCUT2D eigenvalue weighted by Crippen LogP contribution is 2.25. The van der Waals surface area contributed by atoms with Crippen LogP contribution in [0.2, 0.25) is 0 Å². The smallest absolute Gasteiger partial charge is 0.340 e. The predicted octanol–water partition coefficient (Wildman–Crippen LogP) is 3.08. The molecule has 0 aliphatic carbocycles. The van der Waals surface area contributed by atoms with Crippen LogP contribution in [-0.4, -0.2) is 40.2 Å². The number of hydrogen-bond donors (Lipinski definition) is 1. The van der Waals surface area contributed by atoms with E-state index >= 15 is 0 Å². The molecule has 4 rings (SSSR count). The van der Waals surface area contributed by atoms with E-state index in [4.69, 9.17) is 9.47 Å². The second-order valence-electron chi connectivity index (χ2n) is 7.35. The zero-order valence-corrected chi connectivity index (χ0v) is 18.1. The molecule has 0 saturated carbocycles. The topological polar surface area (TPSA) is 87.4 Å². The zero-order chi connectivity index (χ0) is 22.7. The highest BCUT2D eigenvalue weighted by atomic mass is 16.5. The van der Waals surface area contributed by atoms with Crippen molar-refractivity contribution < 1.29 is 19.1 Å². The van der Waals surface area contributed by atoms with Gasteiger partial charge in [-0.25, -0.2) is 9.78 Å². The Hall–Kier alpha value is -4.07. The van der Waals surface area contributed by atoms with Gasteiger partial charge in [0.05, 0.1) is 19.8 Å². The molecule has 164 valence electrons. The summed E-state index contributed by atoms with van der Waals surface area (Å²) in [4.78, 5) is 29.8. The minimum absolute atomic E-state index is 0.0302. The molecular weight excluding hydrogens is 408 g/mol. The van der Waals surface area contributed by atoms with Crippen molar-refractivity contribution >= 4 is 22.8 Å². The number of amides is 1. The van der Waals surface area contributed by atoms with Crippen molar-refractivity contribution in [3.8, 4) is 5.75 Å². The SMILES string of the molecule is COC(=O)c1cn(CC(=O)N[C@H](c2cccc(OC)c2)c2nccn2C)c2ccccc12. The number of nitrogens with one attached hydrogen (secondary N) is 1. The van der Waals surface area contributed by atoms with Gasteiger partial charge in [-0.3, -0.25) is 4.79 Å². The number of fused-ring (bicyclic) bond motifs is 1. The minimum Gasteiger partial charge on any atom is -0.497 e. The maximum absolute atomic E-state index is 13.1. The molecule has 0 fully saturated rings. The highest BCUT2D eigenvalue weighted by molar-refractivity contribution is 6.04. The number of nitrogens with zero attached hydrogens (tertiary/aromatic N) is 3. The fourth-order valence-electron chi connectivity index (χ4n) is 3.78. The third kappa shape index (κ3) is 4.07. The van der Waals surface area contributed by atoms with Gasteiger partial charge in [-0.05, 0) is 23.8 Å². The molecular formula is C24H24N4O4. The molecule has 0 aliphatic heterocycles. The summed E-state index contributed by atoms with van der Waals surface area (Å²) in [6.45, 7) is 0.0302. The molecule has 0 saturated heterocycles. The lowest BCUT2D eigenvalue weighted by atomic mass is 10.1. The third-order valence-electron chi connectivity index (χ3n) is 5.36. The molecule has 2 aromatic heterocycles. The van der Waals surface area contributed by atoms with E-state index in [1.54, 1.807) is 24.1 Å². The Balaban J connectivity index is 1.65. The number of imidazole rings is 1. The van der Waals surface area contributed by atoms with Crippen LogP contribution in [0, 0.1) is 0 Å². The summed E-state index contributed by atoms with van der Waals surface area (Å²) in [7, 11) is 4.82. The Bertz CT molecular complexity index is 1270. The molecule has 8 nitrogen and oxygen atoms in total. The summed E-state index contributed by atoms with van der Waals surface area (Å²) >= 11 is 0. The number of hydrogen-bond acceptors (Lipinski definition) is 5. The molecule has 8 heteroatoms. The van der Waals surface area contributed by atoms with E-state index in [9.17, 15) is 9.59 Å². The van der Waals surface area contributed by atoms with Crippen LogP contribution in [-0.2, 0) is 23.1 Å². The molecule has 0 spiro atoms. The van der Waals surface area contributed by atoms with Crippen LogP contribution in [0.5, 0.6) is 5.75 Å².